The van der Waals surface area contributed by atoms with Crippen LogP contribution in [-0.2, 0) is 4.74 Å². The van der Waals surface area contributed by atoms with Gasteiger partial charge in [-0.25, -0.2) is 0 Å². The molecule has 0 radical (unpaired) electrons. The number of halogens is 2. The summed E-state index contributed by atoms with van der Waals surface area (Å²) in [6.45, 7) is 5.49. The first kappa shape index (κ1) is 19.8. The van der Waals surface area contributed by atoms with Gasteiger partial charge in [0, 0.05) is 26.2 Å². The fraction of sp³-hybridized carbons (Fsp3) is 0.923. The third-order valence-electron chi connectivity index (χ3n) is 4.16. The van der Waals surface area contributed by atoms with Crippen LogP contribution in [0, 0.1) is 0 Å². The fourth-order valence-electron chi connectivity index (χ4n) is 3.10. The van der Waals surface area contributed by atoms with Crippen molar-refractivity contribution in [1.29, 1.82) is 0 Å². The van der Waals surface area contributed by atoms with Crippen LogP contribution in [0.4, 0.5) is 4.79 Å². The highest BCUT2D eigenvalue weighted by Crippen LogP contribution is 2.28. The summed E-state index contributed by atoms with van der Waals surface area (Å²) in [7, 11) is 0. The molecular formula is C13H25Cl2N2O3-. The van der Waals surface area contributed by atoms with Gasteiger partial charge in [-0.3, -0.25) is 9.80 Å². The monoisotopic (exact) mass is 327 g/mol. The molecule has 120 valence electrons. The predicted molar refractivity (Wildman–Crippen MR) is 80.2 cm³/mol. The molecule has 0 aromatic rings. The highest BCUT2D eigenvalue weighted by atomic mass is 35.5. The Morgan fingerprint density at radius 3 is 1.55 bits per heavy atom. The fourth-order valence-corrected chi connectivity index (χ4v) is 3.10. The molecule has 2 aliphatic heterocycles. The topological polar surface area (TPSA) is 55.8 Å². The van der Waals surface area contributed by atoms with Crippen molar-refractivity contribution in [2.75, 3.05) is 26.2 Å². The molecule has 2 rings (SSSR count). The van der Waals surface area contributed by atoms with E-state index in [0.29, 0.717) is 0 Å². The SMILES string of the molecule is CC(OC(=O)[O-])(N1CCCCC1)N1CCCCC1.Cl.Cl. The molecule has 0 saturated carbocycles. The molecule has 0 aliphatic carbocycles. The van der Waals surface area contributed by atoms with Gasteiger partial charge in [0.2, 0.25) is 0 Å². The molecule has 7 heteroatoms. The van der Waals surface area contributed by atoms with E-state index in [0.717, 1.165) is 51.9 Å². The molecule has 0 aromatic carbocycles. The number of ether oxygens (including phenoxy) is 1. The number of piperidine rings is 2. The molecule has 0 bridgehead atoms. The van der Waals surface area contributed by atoms with Gasteiger partial charge >= 0.3 is 0 Å². The van der Waals surface area contributed by atoms with Gasteiger partial charge in [0.15, 0.2) is 5.85 Å². The van der Waals surface area contributed by atoms with E-state index in [2.05, 4.69) is 9.80 Å². The Kier molecular flexibility index (Phi) is 8.82. The largest absolute Gasteiger partial charge is 0.516 e. The third kappa shape index (κ3) is 4.65. The van der Waals surface area contributed by atoms with E-state index in [1.807, 2.05) is 6.92 Å². The van der Waals surface area contributed by atoms with Crippen molar-refractivity contribution in [3.63, 3.8) is 0 Å². The highest BCUT2D eigenvalue weighted by Gasteiger charge is 2.38. The molecular weight excluding hydrogens is 303 g/mol. The first-order valence-corrected chi connectivity index (χ1v) is 7.03. The summed E-state index contributed by atoms with van der Waals surface area (Å²) < 4.78 is 5.17. The van der Waals surface area contributed by atoms with Crippen LogP contribution in [0.2, 0.25) is 0 Å². The summed E-state index contributed by atoms with van der Waals surface area (Å²) in [6, 6.07) is 0. The molecule has 0 amide bonds. The maximum Gasteiger partial charge on any atom is 0.254 e. The number of carbonyl (C=O) groups is 1. The van der Waals surface area contributed by atoms with Gasteiger partial charge in [-0.05, 0) is 32.6 Å². The molecule has 2 aliphatic rings. The summed E-state index contributed by atoms with van der Waals surface area (Å²) in [5, 5.41) is 10.9. The summed E-state index contributed by atoms with van der Waals surface area (Å²) in [4.78, 5) is 15.2. The first-order chi connectivity index (χ1) is 8.63. The number of likely N-dealkylation sites (tertiary alicyclic amines) is 2. The molecule has 2 heterocycles. The number of hydrogen-bond donors (Lipinski definition) is 0. The second-order valence-electron chi connectivity index (χ2n) is 5.38. The van der Waals surface area contributed by atoms with Crippen LogP contribution in [0.15, 0.2) is 0 Å². The van der Waals surface area contributed by atoms with Crippen molar-refractivity contribution in [3.8, 4) is 0 Å². The average molecular weight is 328 g/mol. The van der Waals surface area contributed by atoms with Crippen molar-refractivity contribution in [2.24, 2.45) is 0 Å². The summed E-state index contributed by atoms with van der Waals surface area (Å²) in [6.07, 6.45) is 5.46. The molecule has 0 spiro atoms. The highest BCUT2D eigenvalue weighted by molar-refractivity contribution is 5.85. The Morgan fingerprint density at radius 1 is 0.900 bits per heavy atom. The standard InChI is InChI=1S/C13H24N2O3.2ClH/c1-13(18-12(16)17,14-8-4-2-5-9-14)15-10-6-3-7-11-15;;/h2-11H2,1H3,(H,16,17);2*1H/p-1. The van der Waals surface area contributed by atoms with Gasteiger partial charge in [0.1, 0.15) is 0 Å². The summed E-state index contributed by atoms with van der Waals surface area (Å²) in [5.41, 5.74) is 0. The van der Waals surface area contributed by atoms with Crippen molar-refractivity contribution in [2.45, 2.75) is 51.3 Å². The lowest BCUT2D eigenvalue weighted by Crippen LogP contribution is -2.64. The second kappa shape index (κ2) is 8.93. The lowest BCUT2D eigenvalue weighted by Gasteiger charge is -2.53. The lowest BCUT2D eigenvalue weighted by atomic mass is 10.1. The van der Waals surface area contributed by atoms with Gasteiger partial charge in [0.25, 0.3) is 6.16 Å². The Labute approximate surface area is 133 Å². The number of rotatable bonds is 3. The Balaban J connectivity index is 0.00000180. The zero-order valence-electron chi connectivity index (χ0n) is 12.0. The third-order valence-corrected chi connectivity index (χ3v) is 4.16. The van der Waals surface area contributed by atoms with Crippen LogP contribution in [0.3, 0.4) is 0 Å². The van der Waals surface area contributed by atoms with E-state index in [-0.39, 0.29) is 24.8 Å². The van der Waals surface area contributed by atoms with Gasteiger partial charge in [0.05, 0.1) is 0 Å². The van der Waals surface area contributed by atoms with Crippen molar-refractivity contribution < 1.29 is 14.6 Å². The molecule has 2 saturated heterocycles. The quantitative estimate of drug-likeness (QED) is 0.740. The molecule has 2 fully saturated rings. The lowest BCUT2D eigenvalue weighted by molar-refractivity contribution is -0.326. The Hall–Kier alpha value is -0.230. The minimum absolute atomic E-state index is 0. The summed E-state index contributed by atoms with van der Waals surface area (Å²) >= 11 is 0. The Bertz CT molecular complexity index is 275. The van der Waals surface area contributed by atoms with Crippen LogP contribution >= 0.6 is 24.8 Å². The van der Waals surface area contributed by atoms with Gasteiger partial charge in [-0.2, -0.15) is 0 Å². The smallest absolute Gasteiger partial charge is 0.254 e. The van der Waals surface area contributed by atoms with Crippen molar-refractivity contribution in [3.05, 3.63) is 0 Å². The number of carboxylic acid groups (broad SMARTS) is 1. The molecule has 20 heavy (non-hydrogen) atoms. The number of hydrogen-bond acceptors (Lipinski definition) is 5. The molecule has 0 unspecified atom stereocenters. The summed E-state index contributed by atoms with van der Waals surface area (Å²) in [5.74, 6) is -0.834. The Morgan fingerprint density at radius 2 is 1.25 bits per heavy atom. The van der Waals surface area contributed by atoms with E-state index < -0.39 is 12.0 Å². The zero-order chi connectivity index (χ0) is 13.0. The molecule has 5 nitrogen and oxygen atoms in total. The second-order valence-corrected chi connectivity index (χ2v) is 5.38. The van der Waals surface area contributed by atoms with Crippen LogP contribution in [0.25, 0.3) is 0 Å². The molecule has 0 atom stereocenters. The van der Waals surface area contributed by atoms with E-state index in [1.54, 1.807) is 0 Å². The van der Waals surface area contributed by atoms with Crippen molar-refractivity contribution >= 4 is 31.0 Å². The average Bonchev–Trinajstić information content (AvgIpc) is 2.40. The van der Waals surface area contributed by atoms with Crippen LogP contribution in [-0.4, -0.2) is 48.0 Å². The minimum Gasteiger partial charge on any atom is -0.516 e. The van der Waals surface area contributed by atoms with E-state index >= 15 is 0 Å². The first-order valence-electron chi connectivity index (χ1n) is 7.03. The van der Waals surface area contributed by atoms with Crippen LogP contribution < -0.4 is 5.11 Å². The predicted octanol–water partition coefficient (Wildman–Crippen LogP) is 1.84. The number of nitrogens with zero attached hydrogens (tertiary/aromatic N) is 2. The zero-order valence-corrected chi connectivity index (χ0v) is 13.6. The van der Waals surface area contributed by atoms with Gasteiger partial charge in [-0.15, -0.1) is 24.8 Å². The van der Waals surface area contributed by atoms with Crippen molar-refractivity contribution in [1.82, 2.24) is 9.80 Å². The van der Waals surface area contributed by atoms with E-state index in [1.165, 1.54) is 12.8 Å². The van der Waals surface area contributed by atoms with Crippen LogP contribution in [0.1, 0.15) is 45.4 Å². The maximum atomic E-state index is 10.9. The maximum absolute atomic E-state index is 10.9. The number of carbonyl (C=O) groups excluding carboxylic acids is 1. The van der Waals surface area contributed by atoms with E-state index in [9.17, 15) is 9.90 Å². The molecule has 0 aromatic heterocycles. The van der Waals surface area contributed by atoms with E-state index in [4.69, 9.17) is 4.74 Å². The normalized spacial score (nSPS) is 21.4. The van der Waals surface area contributed by atoms with Gasteiger partial charge in [-0.1, -0.05) is 12.8 Å². The minimum atomic E-state index is -1.42. The van der Waals surface area contributed by atoms with Crippen LogP contribution in [0.5, 0.6) is 0 Å². The molecule has 0 N–H and O–H groups in total. The van der Waals surface area contributed by atoms with Gasteiger partial charge < -0.3 is 14.6 Å².